The molecule has 0 aliphatic carbocycles. The molecule has 0 fully saturated rings. The van der Waals surface area contributed by atoms with E-state index in [-0.39, 0.29) is 5.78 Å². The first kappa shape index (κ1) is 14.9. The van der Waals surface area contributed by atoms with Gasteiger partial charge in [0.1, 0.15) is 5.75 Å². The number of ether oxygens (including phenoxy) is 1. The van der Waals surface area contributed by atoms with Crippen molar-refractivity contribution in [3.05, 3.63) is 84.6 Å². The molecule has 1 N–H and O–H groups in total. The monoisotopic (exact) mass is 303 g/mol. The topological polar surface area (TPSA) is 38.3 Å². The van der Waals surface area contributed by atoms with Crippen LogP contribution in [0.1, 0.15) is 10.4 Å². The fourth-order valence-corrected chi connectivity index (χ4v) is 2.34. The molecule has 3 heteroatoms. The van der Waals surface area contributed by atoms with Crippen LogP contribution < -0.4 is 10.1 Å². The maximum absolute atomic E-state index is 12.2. The Morgan fingerprint density at radius 1 is 0.957 bits per heavy atom. The lowest BCUT2D eigenvalue weighted by Crippen LogP contribution is -1.96. The van der Waals surface area contributed by atoms with Crippen molar-refractivity contribution in [2.75, 3.05) is 12.4 Å². The molecule has 23 heavy (non-hydrogen) atoms. The first-order valence-corrected chi connectivity index (χ1v) is 7.36. The number of hydrogen-bond acceptors (Lipinski definition) is 3. The molecule has 3 nitrogen and oxygen atoms in total. The second-order valence-corrected chi connectivity index (χ2v) is 5.13. The molecule has 0 heterocycles. The van der Waals surface area contributed by atoms with Crippen LogP contribution in [0.4, 0.5) is 5.69 Å². The molecule has 0 radical (unpaired) electrons. The summed E-state index contributed by atoms with van der Waals surface area (Å²) < 4.78 is 5.10. The summed E-state index contributed by atoms with van der Waals surface area (Å²) in [6.07, 6.45) is 3.19. The van der Waals surface area contributed by atoms with Gasteiger partial charge in [0.2, 0.25) is 0 Å². The quantitative estimate of drug-likeness (QED) is 0.550. The summed E-state index contributed by atoms with van der Waals surface area (Å²) in [7, 11) is 1.63. The van der Waals surface area contributed by atoms with Gasteiger partial charge >= 0.3 is 0 Å². The molecule has 0 amide bonds. The minimum atomic E-state index is -0.0308. The first-order valence-electron chi connectivity index (χ1n) is 7.36. The van der Waals surface area contributed by atoms with E-state index >= 15 is 0 Å². The van der Waals surface area contributed by atoms with Crippen LogP contribution in [0.25, 0.3) is 10.8 Å². The van der Waals surface area contributed by atoms with Crippen molar-refractivity contribution in [2.45, 2.75) is 0 Å². The summed E-state index contributed by atoms with van der Waals surface area (Å²) in [4.78, 5) is 12.2. The predicted molar refractivity (Wildman–Crippen MR) is 94.0 cm³/mol. The third-order valence-electron chi connectivity index (χ3n) is 3.61. The lowest BCUT2D eigenvalue weighted by atomic mass is 10.0. The molecule has 3 rings (SSSR count). The lowest BCUT2D eigenvalue weighted by Gasteiger charge is -2.03. The molecule has 0 aromatic heterocycles. The highest BCUT2D eigenvalue weighted by atomic mass is 16.5. The van der Waals surface area contributed by atoms with Crippen LogP contribution in [0.5, 0.6) is 5.75 Å². The van der Waals surface area contributed by atoms with E-state index in [4.69, 9.17) is 4.74 Å². The second kappa shape index (κ2) is 6.79. The summed E-state index contributed by atoms with van der Waals surface area (Å²) in [5, 5.41) is 5.27. The Hall–Kier alpha value is -3.07. The van der Waals surface area contributed by atoms with Crippen LogP contribution in [0, 0.1) is 0 Å². The van der Waals surface area contributed by atoms with Crippen LogP contribution in [0.15, 0.2) is 79.0 Å². The zero-order valence-electron chi connectivity index (χ0n) is 12.8. The summed E-state index contributed by atoms with van der Waals surface area (Å²) in [6.45, 7) is 0. The second-order valence-electron chi connectivity index (χ2n) is 5.13. The molecule has 0 saturated heterocycles. The van der Waals surface area contributed by atoms with Gasteiger partial charge in [0, 0.05) is 23.5 Å². The van der Waals surface area contributed by atoms with Crippen LogP contribution in [-0.4, -0.2) is 12.9 Å². The molecule has 0 unspecified atom stereocenters. The van der Waals surface area contributed by atoms with E-state index in [1.807, 2.05) is 66.7 Å². The Labute approximate surface area is 135 Å². The van der Waals surface area contributed by atoms with E-state index in [9.17, 15) is 4.79 Å². The number of nitrogens with one attached hydrogen (secondary N) is 1. The van der Waals surface area contributed by atoms with Gasteiger partial charge in [0.05, 0.1) is 7.11 Å². The van der Waals surface area contributed by atoms with Crippen LogP contribution in [-0.2, 0) is 0 Å². The van der Waals surface area contributed by atoms with Crippen molar-refractivity contribution >= 4 is 22.2 Å². The highest BCUT2D eigenvalue weighted by Crippen LogP contribution is 2.17. The van der Waals surface area contributed by atoms with Crippen molar-refractivity contribution in [3.63, 3.8) is 0 Å². The van der Waals surface area contributed by atoms with Crippen LogP contribution in [0.3, 0.4) is 0 Å². The molecular formula is C20H17NO2. The van der Waals surface area contributed by atoms with Gasteiger partial charge < -0.3 is 10.1 Å². The van der Waals surface area contributed by atoms with Gasteiger partial charge in [-0.2, -0.15) is 0 Å². The van der Waals surface area contributed by atoms with Crippen molar-refractivity contribution in [3.8, 4) is 5.75 Å². The summed E-state index contributed by atoms with van der Waals surface area (Å²) in [5.74, 6) is 0.767. The predicted octanol–water partition coefficient (Wildman–Crippen LogP) is 4.66. The standard InChI is InChI=1S/C20H17NO2/c1-23-19-10-8-18(9-11-19)21-13-12-20(22)17-7-6-15-4-2-3-5-16(15)14-17/h2-14,21H,1H3. The van der Waals surface area contributed by atoms with Gasteiger partial charge in [0.15, 0.2) is 5.78 Å². The van der Waals surface area contributed by atoms with Gasteiger partial charge in [0.25, 0.3) is 0 Å². The molecule has 0 spiro atoms. The van der Waals surface area contributed by atoms with E-state index in [1.165, 1.54) is 6.08 Å². The molecular weight excluding hydrogens is 286 g/mol. The number of carbonyl (C=O) groups excluding carboxylic acids is 1. The maximum Gasteiger partial charge on any atom is 0.187 e. The fraction of sp³-hybridized carbons (Fsp3) is 0.0500. The number of rotatable bonds is 5. The molecule has 0 aliphatic rings. The van der Waals surface area contributed by atoms with Crippen molar-refractivity contribution in [1.29, 1.82) is 0 Å². The number of ketones is 1. The molecule has 3 aromatic carbocycles. The number of anilines is 1. The number of hydrogen-bond donors (Lipinski definition) is 1. The minimum Gasteiger partial charge on any atom is -0.497 e. The normalized spacial score (nSPS) is 10.8. The van der Waals surface area contributed by atoms with E-state index in [1.54, 1.807) is 13.3 Å². The highest BCUT2D eigenvalue weighted by molar-refractivity contribution is 6.06. The van der Waals surface area contributed by atoms with Gasteiger partial charge in [-0.15, -0.1) is 0 Å². The summed E-state index contributed by atoms with van der Waals surface area (Å²) >= 11 is 0. The molecule has 0 bridgehead atoms. The van der Waals surface area contributed by atoms with E-state index in [2.05, 4.69) is 5.32 Å². The number of carbonyl (C=O) groups is 1. The largest absolute Gasteiger partial charge is 0.497 e. The van der Waals surface area contributed by atoms with Crippen molar-refractivity contribution in [1.82, 2.24) is 0 Å². The Bertz CT molecular complexity index is 851. The lowest BCUT2D eigenvalue weighted by molar-refractivity contribution is 0.104. The molecule has 0 saturated carbocycles. The Kier molecular flexibility index (Phi) is 4.39. The van der Waals surface area contributed by atoms with Gasteiger partial charge in [-0.05, 0) is 41.1 Å². The molecule has 114 valence electrons. The van der Waals surface area contributed by atoms with Gasteiger partial charge in [-0.25, -0.2) is 0 Å². The van der Waals surface area contributed by atoms with Crippen molar-refractivity contribution in [2.24, 2.45) is 0 Å². The van der Waals surface area contributed by atoms with Gasteiger partial charge in [-0.3, -0.25) is 4.79 Å². The highest BCUT2D eigenvalue weighted by Gasteiger charge is 2.02. The SMILES string of the molecule is COc1ccc(NC=CC(=O)c2ccc3ccccc3c2)cc1. The smallest absolute Gasteiger partial charge is 0.187 e. The number of fused-ring (bicyclic) bond motifs is 1. The molecule has 0 atom stereocenters. The number of benzene rings is 3. The Morgan fingerprint density at radius 3 is 2.43 bits per heavy atom. The summed E-state index contributed by atoms with van der Waals surface area (Å²) in [6, 6.07) is 21.2. The Morgan fingerprint density at radius 2 is 1.70 bits per heavy atom. The van der Waals surface area contributed by atoms with Crippen LogP contribution >= 0.6 is 0 Å². The Balaban J connectivity index is 1.69. The first-order chi connectivity index (χ1) is 11.3. The van der Waals surface area contributed by atoms with Gasteiger partial charge in [-0.1, -0.05) is 36.4 Å². The van der Waals surface area contributed by atoms with Crippen molar-refractivity contribution < 1.29 is 9.53 Å². The number of allylic oxidation sites excluding steroid dienone is 1. The number of methoxy groups -OCH3 is 1. The third-order valence-corrected chi connectivity index (χ3v) is 3.61. The fourth-order valence-electron chi connectivity index (χ4n) is 2.34. The minimum absolute atomic E-state index is 0.0308. The average molecular weight is 303 g/mol. The van der Waals surface area contributed by atoms with E-state index < -0.39 is 0 Å². The molecule has 3 aromatic rings. The third kappa shape index (κ3) is 3.58. The zero-order chi connectivity index (χ0) is 16.1. The average Bonchev–Trinajstić information content (AvgIpc) is 2.61. The van der Waals surface area contributed by atoms with Crippen LogP contribution in [0.2, 0.25) is 0 Å². The molecule has 0 aliphatic heterocycles. The zero-order valence-corrected chi connectivity index (χ0v) is 12.8. The van der Waals surface area contributed by atoms with E-state index in [0.717, 1.165) is 22.2 Å². The maximum atomic E-state index is 12.2. The van der Waals surface area contributed by atoms with E-state index in [0.29, 0.717) is 5.56 Å². The summed E-state index contributed by atoms with van der Waals surface area (Å²) in [5.41, 5.74) is 1.57.